The van der Waals surface area contributed by atoms with Gasteiger partial charge in [0.05, 0.1) is 0 Å². The summed E-state index contributed by atoms with van der Waals surface area (Å²) < 4.78 is 0. The molecule has 0 amide bonds. The van der Waals surface area contributed by atoms with E-state index in [0.29, 0.717) is 0 Å². The molecule has 2 aromatic rings. The number of carbonyl (C=O) groups is 1. The van der Waals surface area contributed by atoms with E-state index in [0.717, 1.165) is 11.3 Å². The Morgan fingerprint density at radius 1 is 1.05 bits per heavy atom. The number of thioether (sulfide) groups is 1. The largest absolute Gasteiger partial charge is 0.286 e. The van der Waals surface area contributed by atoms with Crippen molar-refractivity contribution in [3.8, 4) is 0 Å². The lowest BCUT2D eigenvalue weighted by molar-refractivity contribution is -0.112. The van der Waals surface area contributed by atoms with Crippen LogP contribution >= 0.6 is 11.8 Å². The summed E-state index contributed by atoms with van der Waals surface area (Å²) in [6.07, 6.45) is 4.93. The number of allylic oxidation sites excluding steroid dienone is 2. The minimum atomic E-state index is -0.0658. The first-order valence-corrected chi connectivity index (χ1v) is 7.54. The van der Waals surface area contributed by atoms with Gasteiger partial charge in [-0.15, -0.1) is 0 Å². The summed E-state index contributed by atoms with van der Waals surface area (Å²) >= 11 is 1.31. The number of carbonyl (C=O) groups excluding carboxylic acids is 1. The lowest BCUT2D eigenvalue weighted by Crippen LogP contribution is -2.03. The molecule has 2 heteroatoms. The van der Waals surface area contributed by atoms with Crippen LogP contribution in [0, 0.1) is 5.92 Å². The van der Waals surface area contributed by atoms with Gasteiger partial charge in [0.1, 0.15) is 0 Å². The molecule has 0 bridgehead atoms. The maximum absolute atomic E-state index is 12.1. The Morgan fingerprint density at radius 3 is 2.30 bits per heavy atom. The smallest absolute Gasteiger partial charge is 0.200 e. The van der Waals surface area contributed by atoms with Crippen LogP contribution < -0.4 is 0 Å². The van der Waals surface area contributed by atoms with Crippen LogP contribution in [0.25, 0.3) is 0 Å². The van der Waals surface area contributed by atoms with E-state index >= 15 is 0 Å². The first kappa shape index (κ1) is 14.6. The Bertz CT molecular complexity index is 560. The Morgan fingerprint density at radius 2 is 1.65 bits per heavy atom. The van der Waals surface area contributed by atoms with Gasteiger partial charge in [-0.25, -0.2) is 0 Å². The molecule has 0 fully saturated rings. The Kier molecular flexibility index (Phi) is 5.63. The molecular formula is C18H18OS. The van der Waals surface area contributed by atoms with Crippen molar-refractivity contribution >= 4 is 16.9 Å². The fourth-order valence-corrected chi connectivity index (χ4v) is 2.59. The van der Waals surface area contributed by atoms with E-state index < -0.39 is 0 Å². The van der Waals surface area contributed by atoms with Crippen LogP contribution in [0.5, 0.6) is 0 Å². The zero-order valence-corrected chi connectivity index (χ0v) is 12.3. The summed E-state index contributed by atoms with van der Waals surface area (Å²) in [7, 11) is 0. The van der Waals surface area contributed by atoms with Crippen LogP contribution in [-0.2, 0) is 11.2 Å². The molecule has 0 aliphatic carbocycles. The van der Waals surface area contributed by atoms with Gasteiger partial charge in [0.2, 0.25) is 0 Å². The molecule has 0 N–H and O–H groups in total. The molecule has 2 rings (SSSR count). The van der Waals surface area contributed by atoms with Crippen molar-refractivity contribution in [2.45, 2.75) is 18.2 Å². The van der Waals surface area contributed by atoms with Gasteiger partial charge in [-0.05, 0) is 24.1 Å². The molecule has 0 heterocycles. The zero-order valence-electron chi connectivity index (χ0n) is 11.5. The average molecular weight is 282 g/mol. The fourth-order valence-electron chi connectivity index (χ4n) is 1.80. The van der Waals surface area contributed by atoms with Crippen LogP contribution in [0.2, 0.25) is 0 Å². The Labute approximate surface area is 124 Å². The van der Waals surface area contributed by atoms with Gasteiger partial charge in [-0.1, -0.05) is 79.4 Å². The summed E-state index contributed by atoms with van der Waals surface area (Å²) in [5.74, 6) is -0.0658. The standard InChI is InChI=1S/C18H18OS/c1-15(9-8-12-16-10-4-2-5-11-16)18(19)20-17-13-6-3-7-14-17/h2-11,13-15H,12H2,1H3/b9-8+. The Hall–Kier alpha value is -1.80. The maximum Gasteiger partial charge on any atom is 0.200 e. The van der Waals surface area contributed by atoms with Gasteiger partial charge >= 0.3 is 0 Å². The molecule has 0 saturated heterocycles. The Balaban J connectivity index is 1.85. The lowest BCUT2D eigenvalue weighted by atomic mass is 10.1. The normalized spacial score (nSPS) is 12.4. The highest BCUT2D eigenvalue weighted by Gasteiger charge is 2.10. The van der Waals surface area contributed by atoms with Crippen molar-refractivity contribution in [3.05, 3.63) is 78.4 Å². The fraction of sp³-hybridized carbons (Fsp3) is 0.167. The van der Waals surface area contributed by atoms with Crippen LogP contribution in [0.15, 0.2) is 77.7 Å². The quantitative estimate of drug-likeness (QED) is 0.582. The molecule has 0 radical (unpaired) electrons. The second kappa shape index (κ2) is 7.71. The van der Waals surface area contributed by atoms with Crippen molar-refractivity contribution in [2.24, 2.45) is 5.92 Å². The number of hydrogen-bond donors (Lipinski definition) is 0. The summed E-state index contributed by atoms with van der Waals surface area (Å²) in [6.45, 7) is 1.94. The summed E-state index contributed by atoms with van der Waals surface area (Å²) in [6, 6.07) is 20.0. The van der Waals surface area contributed by atoms with Crippen LogP contribution in [0.1, 0.15) is 12.5 Å². The van der Waals surface area contributed by atoms with Gasteiger partial charge in [0, 0.05) is 10.8 Å². The second-order valence-electron chi connectivity index (χ2n) is 4.64. The average Bonchev–Trinajstić information content (AvgIpc) is 2.49. The van der Waals surface area contributed by atoms with Crippen molar-refractivity contribution in [3.63, 3.8) is 0 Å². The molecule has 0 aliphatic heterocycles. The zero-order chi connectivity index (χ0) is 14.2. The summed E-state index contributed by atoms with van der Waals surface area (Å²) in [5, 5.41) is 0.181. The first-order valence-electron chi connectivity index (χ1n) is 6.73. The monoisotopic (exact) mass is 282 g/mol. The lowest BCUT2D eigenvalue weighted by Gasteiger charge is -2.04. The number of rotatable bonds is 5. The second-order valence-corrected chi connectivity index (χ2v) is 5.72. The van der Waals surface area contributed by atoms with Gasteiger partial charge in [-0.2, -0.15) is 0 Å². The van der Waals surface area contributed by atoms with Crippen molar-refractivity contribution < 1.29 is 4.79 Å². The molecule has 2 aromatic carbocycles. The highest BCUT2D eigenvalue weighted by molar-refractivity contribution is 8.13. The predicted octanol–water partition coefficient (Wildman–Crippen LogP) is 4.74. The highest BCUT2D eigenvalue weighted by Crippen LogP contribution is 2.22. The molecular weight excluding hydrogens is 264 g/mol. The molecule has 1 nitrogen and oxygen atoms in total. The molecule has 0 aromatic heterocycles. The molecule has 1 unspecified atom stereocenters. The van der Waals surface area contributed by atoms with Gasteiger partial charge < -0.3 is 0 Å². The topological polar surface area (TPSA) is 17.1 Å². The number of hydrogen-bond acceptors (Lipinski definition) is 2. The molecule has 0 aliphatic rings. The van der Waals surface area contributed by atoms with Crippen LogP contribution in [-0.4, -0.2) is 5.12 Å². The third-order valence-electron chi connectivity index (χ3n) is 2.95. The minimum absolute atomic E-state index is 0.0658. The minimum Gasteiger partial charge on any atom is -0.286 e. The molecule has 1 atom stereocenters. The summed E-state index contributed by atoms with van der Waals surface area (Å²) in [5.41, 5.74) is 1.26. The molecule has 0 spiro atoms. The maximum atomic E-state index is 12.1. The van der Waals surface area contributed by atoms with E-state index in [1.807, 2.05) is 61.5 Å². The van der Waals surface area contributed by atoms with E-state index in [9.17, 15) is 4.79 Å². The van der Waals surface area contributed by atoms with E-state index in [2.05, 4.69) is 18.2 Å². The first-order chi connectivity index (χ1) is 9.75. The van der Waals surface area contributed by atoms with Crippen molar-refractivity contribution in [1.82, 2.24) is 0 Å². The summed E-state index contributed by atoms with van der Waals surface area (Å²) in [4.78, 5) is 13.1. The van der Waals surface area contributed by atoms with Gasteiger partial charge in [0.15, 0.2) is 5.12 Å². The third-order valence-corrected chi connectivity index (χ3v) is 4.04. The van der Waals surface area contributed by atoms with Crippen molar-refractivity contribution in [2.75, 3.05) is 0 Å². The van der Waals surface area contributed by atoms with E-state index in [1.54, 1.807) is 0 Å². The van der Waals surface area contributed by atoms with Gasteiger partial charge in [-0.3, -0.25) is 4.79 Å². The van der Waals surface area contributed by atoms with Crippen LogP contribution in [0.3, 0.4) is 0 Å². The molecule has 102 valence electrons. The third kappa shape index (κ3) is 4.71. The van der Waals surface area contributed by atoms with E-state index in [1.165, 1.54) is 17.3 Å². The molecule has 0 saturated carbocycles. The van der Waals surface area contributed by atoms with E-state index in [4.69, 9.17) is 0 Å². The van der Waals surface area contributed by atoms with Gasteiger partial charge in [0.25, 0.3) is 0 Å². The predicted molar refractivity (Wildman–Crippen MR) is 85.8 cm³/mol. The van der Waals surface area contributed by atoms with Crippen molar-refractivity contribution in [1.29, 1.82) is 0 Å². The number of benzene rings is 2. The highest BCUT2D eigenvalue weighted by atomic mass is 32.2. The van der Waals surface area contributed by atoms with Crippen LogP contribution in [0.4, 0.5) is 0 Å². The molecule has 20 heavy (non-hydrogen) atoms. The van der Waals surface area contributed by atoms with E-state index in [-0.39, 0.29) is 11.0 Å². The SMILES string of the molecule is CC(/C=C/Cc1ccccc1)C(=O)Sc1ccccc1.